The van der Waals surface area contributed by atoms with Gasteiger partial charge in [-0.25, -0.2) is 9.97 Å². The van der Waals surface area contributed by atoms with E-state index >= 15 is 0 Å². The highest BCUT2D eigenvalue weighted by atomic mass is 32.1. The molecule has 1 N–H and O–H groups in total. The average Bonchev–Trinajstić information content (AvgIpc) is 3.32. The molecular formula is C19H18N6S. The lowest BCUT2D eigenvalue weighted by Gasteiger charge is -2.26. The summed E-state index contributed by atoms with van der Waals surface area (Å²) in [6.45, 7) is 3.07. The summed E-state index contributed by atoms with van der Waals surface area (Å²) in [7, 11) is 0. The Labute approximate surface area is 156 Å². The second kappa shape index (κ2) is 7.10. The fraction of sp³-hybridized carbons (Fsp3) is 0.263. The van der Waals surface area contributed by atoms with Crippen LogP contribution in [0.25, 0.3) is 0 Å². The summed E-state index contributed by atoms with van der Waals surface area (Å²) in [6, 6.07) is 11.1. The Kier molecular flexibility index (Phi) is 4.50. The van der Waals surface area contributed by atoms with Crippen molar-refractivity contribution in [2.45, 2.75) is 25.8 Å². The zero-order chi connectivity index (χ0) is 17.9. The van der Waals surface area contributed by atoms with E-state index in [0.717, 1.165) is 25.2 Å². The van der Waals surface area contributed by atoms with Crippen LogP contribution in [0.3, 0.4) is 0 Å². The zero-order valence-corrected chi connectivity index (χ0v) is 15.2. The number of hydrogen-bond acceptors (Lipinski definition) is 7. The molecule has 0 aliphatic carbocycles. The van der Waals surface area contributed by atoms with Gasteiger partial charge in [0.05, 0.1) is 24.6 Å². The van der Waals surface area contributed by atoms with Crippen molar-refractivity contribution in [2.24, 2.45) is 0 Å². The molecule has 1 saturated heterocycles. The number of nitrogens with zero attached hydrogens (tertiary/aromatic N) is 5. The fourth-order valence-electron chi connectivity index (χ4n) is 3.22. The highest BCUT2D eigenvalue weighted by Gasteiger charge is 2.27. The van der Waals surface area contributed by atoms with Crippen molar-refractivity contribution >= 4 is 28.1 Å². The molecule has 1 atom stereocenters. The van der Waals surface area contributed by atoms with Gasteiger partial charge in [0.15, 0.2) is 10.9 Å². The largest absolute Gasteiger partial charge is 0.348 e. The molecule has 1 fully saturated rings. The third-order valence-corrected chi connectivity index (χ3v) is 5.30. The zero-order valence-electron chi connectivity index (χ0n) is 14.4. The molecule has 7 heteroatoms. The summed E-state index contributed by atoms with van der Waals surface area (Å²) in [5.74, 6) is 1.49. The Morgan fingerprint density at radius 1 is 1.23 bits per heavy atom. The number of aryl methyl sites for hydroxylation is 1. The van der Waals surface area contributed by atoms with Gasteiger partial charge in [-0.1, -0.05) is 41.2 Å². The Morgan fingerprint density at radius 3 is 2.85 bits per heavy atom. The Bertz CT molecular complexity index is 943. The first kappa shape index (κ1) is 16.5. The molecule has 0 radical (unpaired) electrons. The van der Waals surface area contributed by atoms with Gasteiger partial charge in [-0.05, 0) is 25.3 Å². The van der Waals surface area contributed by atoms with Crippen LogP contribution in [0, 0.1) is 18.3 Å². The smallest absolute Gasteiger partial charge is 0.189 e. The molecule has 0 spiro atoms. The van der Waals surface area contributed by atoms with Crippen molar-refractivity contribution in [3.05, 3.63) is 58.9 Å². The Balaban J connectivity index is 1.57. The van der Waals surface area contributed by atoms with E-state index in [9.17, 15) is 0 Å². The molecule has 1 aliphatic heterocycles. The molecule has 0 saturated carbocycles. The van der Waals surface area contributed by atoms with E-state index in [4.69, 9.17) is 10.2 Å². The number of rotatable bonds is 4. The lowest BCUT2D eigenvalue weighted by atomic mass is 10.0. The van der Waals surface area contributed by atoms with Crippen molar-refractivity contribution < 1.29 is 0 Å². The van der Waals surface area contributed by atoms with Crippen LogP contribution >= 0.6 is 11.3 Å². The molecule has 0 unspecified atom stereocenters. The number of anilines is 3. The first-order chi connectivity index (χ1) is 12.7. The van der Waals surface area contributed by atoms with E-state index in [1.54, 1.807) is 18.6 Å². The molecule has 6 nitrogen and oxygen atoms in total. The van der Waals surface area contributed by atoms with Crippen molar-refractivity contribution in [2.75, 3.05) is 16.8 Å². The topological polar surface area (TPSA) is 77.7 Å². The van der Waals surface area contributed by atoms with Gasteiger partial charge in [-0.3, -0.25) is 4.98 Å². The van der Waals surface area contributed by atoms with E-state index in [0.29, 0.717) is 21.9 Å². The molecule has 0 bridgehead atoms. The summed E-state index contributed by atoms with van der Waals surface area (Å²) in [5.41, 5.74) is 2.58. The third-order valence-electron chi connectivity index (χ3n) is 4.48. The summed E-state index contributed by atoms with van der Waals surface area (Å²) in [6.07, 6.45) is 7.28. The summed E-state index contributed by atoms with van der Waals surface area (Å²) in [4.78, 5) is 16.1. The molecule has 3 heterocycles. The van der Waals surface area contributed by atoms with Crippen LogP contribution in [-0.4, -0.2) is 21.5 Å². The van der Waals surface area contributed by atoms with E-state index in [2.05, 4.69) is 57.4 Å². The monoisotopic (exact) mass is 362 g/mol. The van der Waals surface area contributed by atoms with Gasteiger partial charge in [-0.2, -0.15) is 5.26 Å². The fourth-order valence-corrected chi connectivity index (χ4v) is 3.84. The van der Waals surface area contributed by atoms with Gasteiger partial charge >= 0.3 is 0 Å². The molecule has 4 rings (SSSR count). The van der Waals surface area contributed by atoms with Crippen LogP contribution < -0.4 is 10.2 Å². The van der Waals surface area contributed by atoms with Crippen LogP contribution in [0.1, 0.15) is 34.9 Å². The maximum absolute atomic E-state index is 8.92. The van der Waals surface area contributed by atoms with Crippen LogP contribution in [-0.2, 0) is 0 Å². The molecule has 2 aromatic heterocycles. The highest BCUT2D eigenvalue weighted by Crippen LogP contribution is 2.35. The standard InChI is InChI=1S/C19H18N6S/c1-13-4-6-14(7-5-13)16-3-2-8-25(16)18-12-21-11-17(23-18)24-19-22-10-15(9-20)26-19/h4-7,10-12,16H,2-3,8H2,1H3,(H,22,23,24)/t16-/m0/s1. The van der Waals surface area contributed by atoms with Crippen LogP contribution in [0.4, 0.5) is 16.8 Å². The van der Waals surface area contributed by atoms with Gasteiger partial charge in [0, 0.05) is 6.54 Å². The van der Waals surface area contributed by atoms with Crippen LogP contribution in [0.2, 0.25) is 0 Å². The number of nitriles is 1. The molecule has 0 amide bonds. The van der Waals surface area contributed by atoms with E-state index in [-0.39, 0.29) is 0 Å². The minimum Gasteiger partial charge on any atom is -0.348 e. The minimum atomic E-state index is 0.324. The number of hydrogen-bond donors (Lipinski definition) is 1. The third kappa shape index (κ3) is 3.37. The lowest BCUT2D eigenvalue weighted by Crippen LogP contribution is -2.23. The quantitative estimate of drug-likeness (QED) is 0.749. The van der Waals surface area contributed by atoms with Gasteiger partial charge in [0.2, 0.25) is 0 Å². The number of benzene rings is 1. The van der Waals surface area contributed by atoms with E-state index in [1.165, 1.54) is 22.5 Å². The van der Waals surface area contributed by atoms with Gasteiger partial charge in [0.25, 0.3) is 0 Å². The average molecular weight is 362 g/mol. The van der Waals surface area contributed by atoms with Crippen molar-refractivity contribution in [3.63, 3.8) is 0 Å². The van der Waals surface area contributed by atoms with E-state index in [1.807, 2.05) is 0 Å². The number of aromatic nitrogens is 3. The summed E-state index contributed by atoms with van der Waals surface area (Å²) in [5, 5.41) is 12.7. The first-order valence-corrected chi connectivity index (χ1v) is 9.33. The highest BCUT2D eigenvalue weighted by molar-refractivity contribution is 7.16. The van der Waals surface area contributed by atoms with Crippen LogP contribution in [0.15, 0.2) is 42.9 Å². The SMILES string of the molecule is Cc1ccc([C@@H]2CCCN2c2cncc(Nc3ncc(C#N)s3)n2)cc1. The molecule has 130 valence electrons. The van der Waals surface area contributed by atoms with Crippen LogP contribution in [0.5, 0.6) is 0 Å². The van der Waals surface area contributed by atoms with Gasteiger partial charge < -0.3 is 10.2 Å². The normalized spacial score (nSPS) is 16.5. The Hall–Kier alpha value is -2.98. The summed E-state index contributed by atoms with van der Waals surface area (Å²) >= 11 is 1.30. The lowest BCUT2D eigenvalue weighted by molar-refractivity contribution is 0.710. The maximum Gasteiger partial charge on any atom is 0.189 e. The van der Waals surface area contributed by atoms with E-state index < -0.39 is 0 Å². The predicted octanol–water partition coefficient (Wildman–Crippen LogP) is 4.20. The van der Waals surface area contributed by atoms with Crippen molar-refractivity contribution in [1.82, 2.24) is 15.0 Å². The van der Waals surface area contributed by atoms with Crippen molar-refractivity contribution in [1.29, 1.82) is 5.26 Å². The minimum absolute atomic E-state index is 0.324. The number of nitrogens with one attached hydrogen (secondary N) is 1. The van der Waals surface area contributed by atoms with Crippen molar-refractivity contribution in [3.8, 4) is 6.07 Å². The number of thiazole rings is 1. The molecule has 1 aliphatic rings. The first-order valence-electron chi connectivity index (χ1n) is 8.51. The van der Waals surface area contributed by atoms with Gasteiger partial charge in [-0.15, -0.1) is 0 Å². The maximum atomic E-state index is 8.92. The molecular weight excluding hydrogens is 344 g/mol. The van der Waals surface area contributed by atoms with Gasteiger partial charge in [0.1, 0.15) is 16.8 Å². The Morgan fingerprint density at radius 2 is 2.08 bits per heavy atom. The molecule has 1 aromatic carbocycles. The molecule has 26 heavy (non-hydrogen) atoms. The second-order valence-corrected chi connectivity index (χ2v) is 7.32. The second-order valence-electron chi connectivity index (χ2n) is 6.29. The molecule has 3 aromatic rings. The predicted molar refractivity (Wildman–Crippen MR) is 103 cm³/mol. The summed E-state index contributed by atoms with van der Waals surface area (Å²) < 4.78 is 0.